The van der Waals surface area contributed by atoms with Crippen LogP contribution in [0.5, 0.6) is 0 Å². The van der Waals surface area contributed by atoms with Crippen LogP contribution in [-0.2, 0) is 19.4 Å². The Bertz CT molecular complexity index is 543. The van der Waals surface area contributed by atoms with Crippen LogP contribution < -0.4 is 0 Å². The van der Waals surface area contributed by atoms with Crippen LogP contribution in [0, 0.1) is 0 Å². The van der Waals surface area contributed by atoms with Crippen molar-refractivity contribution in [1.82, 2.24) is 9.55 Å². The Morgan fingerprint density at radius 1 is 1.35 bits per heavy atom. The molecule has 0 aliphatic heterocycles. The third-order valence-electron chi connectivity index (χ3n) is 3.33. The molecule has 17 heavy (non-hydrogen) atoms. The highest BCUT2D eigenvalue weighted by Crippen LogP contribution is 2.25. The lowest BCUT2D eigenvalue weighted by Gasteiger charge is -2.07. The van der Waals surface area contributed by atoms with Gasteiger partial charge in [-0.05, 0) is 30.4 Å². The van der Waals surface area contributed by atoms with E-state index in [1.165, 1.54) is 17.5 Å². The summed E-state index contributed by atoms with van der Waals surface area (Å²) in [5.74, 6) is 0.182. The average Bonchev–Trinajstić information content (AvgIpc) is 2.97. The summed E-state index contributed by atoms with van der Waals surface area (Å²) in [6.45, 7) is 0.385. The van der Waals surface area contributed by atoms with E-state index >= 15 is 0 Å². The van der Waals surface area contributed by atoms with E-state index in [9.17, 15) is 4.79 Å². The lowest BCUT2D eigenvalue weighted by Crippen LogP contribution is -2.11. The summed E-state index contributed by atoms with van der Waals surface area (Å²) in [6.07, 6.45) is 8.53. The van der Waals surface area contributed by atoms with Crippen molar-refractivity contribution in [3.8, 4) is 0 Å². The number of Topliss-reactive ketones (excluding diaryl/α,β-unsaturated/α-hetero) is 1. The van der Waals surface area contributed by atoms with Gasteiger partial charge in [-0.15, -0.1) is 0 Å². The summed E-state index contributed by atoms with van der Waals surface area (Å²) in [5, 5.41) is 0. The fourth-order valence-electron chi connectivity index (χ4n) is 2.51. The minimum absolute atomic E-state index is 0.182. The number of aryl methyl sites for hydroxylation is 1. The van der Waals surface area contributed by atoms with Crippen LogP contribution in [-0.4, -0.2) is 15.3 Å². The van der Waals surface area contributed by atoms with E-state index in [1.54, 1.807) is 12.5 Å². The highest BCUT2D eigenvalue weighted by atomic mass is 16.1. The van der Waals surface area contributed by atoms with Gasteiger partial charge in [-0.3, -0.25) is 4.79 Å². The molecule has 1 aliphatic rings. The summed E-state index contributed by atoms with van der Waals surface area (Å²) in [4.78, 5) is 16.2. The second kappa shape index (κ2) is 4.17. The monoisotopic (exact) mass is 226 g/mol. The summed E-state index contributed by atoms with van der Waals surface area (Å²) >= 11 is 0. The molecule has 1 aromatic heterocycles. The Kier molecular flexibility index (Phi) is 2.52. The van der Waals surface area contributed by atoms with Crippen LogP contribution in [0.25, 0.3) is 0 Å². The molecule has 0 saturated heterocycles. The number of ketones is 1. The number of hydrogen-bond donors (Lipinski definition) is 0. The predicted molar refractivity (Wildman–Crippen MR) is 65.0 cm³/mol. The SMILES string of the molecule is O=C(Cn1ccnc1)c1cccc2c1CCC2. The van der Waals surface area contributed by atoms with E-state index < -0.39 is 0 Å². The van der Waals surface area contributed by atoms with Gasteiger partial charge in [-0.25, -0.2) is 4.98 Å². The molecule has 0 atom stereocenters. The molecule has 0 saturated carbocycles. The first-order valence-corrected chi connectivity index (χ1v) is 5.94. The first-order chi connectivity index (χ1) is 8.34. The number of aromatic nitrogens is 2. The highest BCUT2D eigenvalue weighted by Gasteiger charge is 2.18. The van der Waals surface area contributed by atoms with Gasteiger partial charge in [0.15, 0.2) is 5.78 Å². The maximum absolute atomic E-state index is 12.2. The molecule has 1 heterocycles. The molecule has 2 aromatic rings. The number of rotatable bonds is 3. The summed E-state index contributed by atoms with van der Waals surface area (Å²) in [7, 11) is 0. The van der Waals surface area contributed by atoms with Crippen LogP contribution in [0.2, 0.25) is 0 Å². The van der Waals surface area contributed by atoms with Gasteiger partial charge in [-0.1, -0.05) is 18.2 Å². The van der Waals surface area contributed by atoms with Crippen molar-refractivity contribution in [2.75, 3.05) is 0 Å². The number of imidazole rings is 1. The lowest BCUT2D eigenvalue weighted by atomic mass is 10.00. The Hall–Kier alpha value is -1.90. The van der Waals surface area contributed by atoms with Crippen molar-refractivity contribution in [3.05, 3.63) is 53.6 Å². The quantitative estimate of drug-likeness (QED) is 0.752. The topological polar surface area (TPSA) is 34.9 Å². The van der Waals surface area contributed by atoms with E-state index in [4.69, 9.17) is 0 Å². The standard InChI is InChI=1S/C14H14N2O/c17-14(9-16-8-7-15-10-16)13-6-2-4-11-3-1-5-12(11)13/h2,4,6-8,10H,1,3,5,9H2. The summed E-state index contributed by atoms with van der Waals surface area (Å²) < 4.78 is 1.82. The van der Waals surface area contributed by atoms with Gasteiger partial charge < -0.3 is 4.57 Å². The second-order valence-corrected chi connectivity index (χ2v) is 4.45. The Balaban J connectivity index is 1.89. The number of carbonyl (C=O) groups excluding carboxylic acids is 1. The van der Waals surface area contributed by atoms with E-state index in [2.05, 4.69) is 11.1 Å². The molecule has 0 fully saturated rings. The number of benzene rings is 1. The molecule has 0 radical (unpaired) electrons. The predicted octanol–water partition coefficient (Wildman–Crippen LogP) is 2.25. The molecular formula is C14H14N2O. The molecule has 0 bridgehead atoms. The van der Waals surface area contributed by atoms with Gasteiger partial charge in [0.25, 0.3) is 0 Å². The number of hydrogen-bond acceptors (Lipinski definition) is 2. The Morgan fingerprint density at radius 2 is 2.29 bits per heavy atom. The molecular weight excluding hydrogens is 212 g/mol. The maximum Gasteiger partial charge on any atom is 0.182 e. The van der Waals surface area contributed by atoms with Crippen LogP contribution >= 0.6 is 0 Å². The fraction of sp³-hybridized carbons (Fsp3) is 0.286. The molecule has 3 heteroatoms. The Morgan fingerprint density at radius 3 is 3.12 bits per heavy atom. The van der Waals surface area contributed by atoms with E-state index in [1.807, 2.05) is 22.9 Å². The van der Waals surface area contributed by atoms with Gasteiger partial charge in [0.05, 0.1) is 12.9 Å². The Labute approximate surface area is 100 Å². The molecule has 86 valence electrons. The van der Waals surface area contributed by atoms with Crippen molar-refractivity contribution in [3.63, 3.8) is 0 Å². The maximum atomic E-state index is 12.2. The first-order valence-electron chi connectivity index (χ1n) is 5.94. The lowest BCUT2D eigenvalue weighted by molar-refractivity contribution is 0.0971. The first kappa shape index (κ1) is 10.3. The van der Waals surface area contributed by atoms with E-state index in [0.717, 1.165) is 18.4 Å². The van der Waals surface area contributed by atoms with Crippen LogP contribution in [0.15, 0.2) is 36.9 Å². The molecule has 1 aliphatic carbocycles. The summed E-state index contributed by atoms with van der Waals surface area (Å²) in [5.41, 5.74) is 3.51. The van der Waals surface area contributed by atoms with Gasteiger partial charge in [0.2, 0.25) is 0 Å². The van der Waals surface area contributed by atoms with E-state index in [0.29, 0.717) is 6.54 Å². The zero-order valence-electron chi connectivity index (χ0n) is 9.60. The normalized spacial score (nSPS) is 13.6. The van der Waals surface area contributed by atoms with Crippen molar-refractivity contribution >= 4 is 5.78 Å². The molecule has 0 spiro atoms. The van der Waals surface area contributed by atoms with Crippen LogP contribution in [0.4, 0.5) is 0 Å². The van der Waals surface area contributed by atoms with Gasteiger partial charge in [0.1, 0.15) is 0 Å². The molecule has 0 amide bonds. The molecule has 0 unspecified atom stereocenters. The largest absolute Gasteiger partial charge is 0.330 e. The third kappa shape index (κ3) is 1.88. The molecule has 3 rings (SSSR count). The zero-order valence-corrected chi connectivity index (χ0v) is 9.60. The van der Waals surface area contributed by atoms with Gasteiger partial charge in [0, 0.05) is 18.0 Å². The highest BCUT2D eigenvalue weighted by molar-refractivity contribution is 5.97. The number of fused-ring (bicyclic) bond motifs is 1. The third-order valence-corrected chi connectivity index (χ3v) is 3.33. The molecule has 1 aromatic carbocycles. The molecule has 3 nitrogen and oxygen atoms in total. The number of nitrogens with zero attached hydrogens (tertiary/aromatic N) is 2. The van der Waals surface area contributed by atoms with Crippen molar-refractivity contribution in [2.24, 2.45) is 0 Å². The van der Waals surface area contributed by atoms with Crippen molar-refractivity contribution < 1.29 is 4.79 Å². The van der Waals surface area contributed by atoms with Crippen LogP contribution in [0.1, 0.15) is 27.9 Å². The minimum atomic E-state index is 0.182. The number of carbonyl (C=O) groups is 1. The zero-order chi connectivity index (χ0) is 11.7. The minimum Gasteiger partial charge on any atom is -0.330 e. The fourth-order valence-corrected chi connectivity index (χ4v) is 2.51. The summed E-state index contributed by atoms with van der Waals surface area (Å²) in [6, 6.07) is 6.07. The van der Waals surface area contributed by atoms with Crippen LogP contribution in [0.3, 0.4) is 0 Å². The van der Waals surface area contributed by atoms with Gasteiger partial charge >= 0.3 is 0 Å². The van der Waals surface area contributed by atoms with Crippen molar-refractivity contribution in [2.45, 2.75) is 25.8 Å². The van der Waals surface area contributed by atoms with Gasteiger partial charge in [-0.2, -0.15) is 0 Å². The molecule has 0 N–H and O–H groups in total. The average molecular weight is 226 g/mol. The second-order valence-electron chi connectivity index (χ2n) is 4.45. The smallest absolute Gasteiger partial charge is 0.182 e. The van der Waals surface area contributed by atoms with Crippen molar-refractivity contribution in [1.29, 1.82) is 0 Å². The van der Waals surface area contributed by atoms with E-state index in [-0.39, 0.29) is 5.78 Å².